The lowest BCUT2D eigenvalue weighted by atomic mass is 9.42. The zero-order valence-corrected chi connectivity index (χ0v) is 24.9. The number of hydrogen-bond donors (Lipinski definition) is 0. The summed E-state index contributed by atoms with van der Waals surface area (Å²) in [6.07, 6.45) is 6.41. The Morgan fingerprint density at radius 2 is 1.65 bits per heavy atom. The van der Waals surface area contributed by atoms with E-state index in [2.05, 4.69) is 62.0 Å². The van der Waals surface area contributed by atoms with Crippen molar-refractivity contribution < 1.29 is 19.1 Å². The van der Waals surface area contributed by atoms with Crippen LogP contribution in [0, 0.1) is 45.3 Å². The first-order valence-electron chi connectivity index (χ1n) is 14.7. The Morgan fingerprint density at radius 3 is 2.24 bits per heavy atom. The number of ketones is 2. The molecule has 2 saturated carbocycles. The van der Waals surface area contributed by atoms with Crippen LogP contribution >= 0.6 is 0 Å². The SMILES string of the molecule is C=C(CC[C@H](C)[C@@H]1CC[C@]2(C)C3=C(C(=O)C[C@@]12C)[C@@]1(C)CC[C@H](OC(C)=O)C(C)(C)[C@@H]1CC3=O)C(C)C. The maximum absolute atomic E-state index is 14.2. The van der Waals surface area contributed by atoms with Gasteiger partial charge in [-0.25, -0.2) is 0 Å². The predicted molar refractivity (Wildman–Crippen MR) is 148 cm³/mol. The van der Waals surface area contributed by atoms with Gasteiger partial charge in [-0.2, -0.15) is 0 Å². The molecule has 0 N–H and O–H groups in total. The third kappa shape index (κ3) is 4.11. The molecule has 0 bridgehead atoms. The van der Waals surface area contributed by atoms with E-state index in [0.717, 1.165) is 49.7 Å². The fraction of sp³-hybridized carbons (Fsp3) is 0.788. The molecule has 0 aromatic carbocycles. The Hall–Kier alpha value is -1.71. The van der Waals surface area contributed by atoms with Crippen LogP contribution < -0.4 is 0 Å². The molecular formula is C33H50O4. The van der Waals surface area contributed by atoms with Crippen molar-refractivity contribution in [2.24, 2.45) is 45.3 Å². The van der Waals surface area contributed by atoms with Crippen LogP contribution in [-0.2, 0) is 19.1 Å². The van der Waals surface area contributed by atoms with Crippen molar-refractivity contribution in [2.75, 3.05) is 0 Å². The minimum Gasteiger partial charge on any atom is -0.462 e. The lowest BCUT2D eigenvalue weighted by Crippen LogP contribution is -2.59. The van der Waals surface area contributed by atoms with Crippen LogP contribution in [0.3, 0.4) is 0 Å². The van der Waals surface area contributed by atoms with E-state index in [1.165, 1.54) is 12.5 Å². The number of carbonyl (C=O) groups excluding carboxylic acids is 3. The summed E-state index contributed by atoms with van der Waals surface area (Å²) in [5, 5.41) is 0. The zero-order valence-electron chi connectivity index (χ0n) is 24.9. The van der Waals surface area contributed by atoms with Gasteiger partial charge in [0, 0.05) is 47.2 Å². The lowest BCUT2D eigenvalue weighted by Gasteiger charge is -2.60. The van der Waals surface area contributed by atoms with Crippen LogP contribution in [0.2, 0.25) is 0 Å². The van der Waals surface area contributed by atoms with E-state index in [1.807, 2.05) is 0 Å². The number of esters is 1. The van der Waals surface area contributed by atoms with Gasteiger partial charge in [-0.05, 0) is 67.6 Å². The van der Waals surface area contributed by atoms with Gasteiger partial charge < -0.3 is 4.74 Å². The molecule has 4 nitrogen and oxygen atoms in total. The van der Waals surface area contributed by atoms with Gasteiger partial charge >= 0.3 is 5.97 Å². The van der Waals surface area contributed by atoms with Gasteiger partial charge in [0.2, 0.25) is 0 Å². The number of Topliss-reactive ketones (excluding diaryl/α,β-unsaturated/α-hetero) is 2. The minimum absolute atomic E-state index is 0.0144. The molecule has 0 aromatic heterocycles. The highest BCUT2D eigenvalue weighted by molar-refractivity contribution is 6.11. The zero-order chi connectivity index (χ0) is 27.7. The number of rotatable bonds is 6. The Morgan fingerprint density at radius 1 is 1.00 bits per heavy atom. The van der Waals surface area contributed by atoms with E-state index in [-0.39, 0.29) is 51.2 Å². The maximum atomic E-state index is 14.2. The fourth-order valence-electron chi connectivity index (χ4n) is 9.41. The second-order valence-corrected chi connectivity index (χ2v) is 14.6. The average molecular weight is 511 g/mol. The predicted octanol–water partition coefficient (Wildman–Crippen LogP) is 7.65. The molecule has 4 rings (SSSR count). The van der Waals surface area contributed by atoms with E-state index in [0.29, 0.717) is 30.6 Å². The molecular weight excluding hydrogens is 460 g/mol. The molecule has 4 aliphatic carbocycles. The second-order valence-electron chi connectivity index (χ2n) is 14.6. The van der Waals surface area contributed by atoms with E-state index >= 15 is 0 Å². The molecule has 37 heavy (non-hydrogen) atoms. The van der Waals surface area contributed by atoms with Crippen molar-refractivity contribution in [1.82, 2.24) is 0 Å². The van der Waals surface area contributed by atoms with Crippen LogP contribution in [0.1, 0.15) is 114 Å². The molecule has 0 unspecified atom stereocenters. The monoisotopic (exact) mass is 510 g/mol. The summed E-state index contributed by atoms with van der Waals surface area (Å²) in [4.78, 5) is 40.2. The first-order valence-corrected chi connectivity index (χ1v) is 14.7. The molecule has 4 aliphatic rings. The van der Waals surface area contributed by atoms with Gasteiger partial charge in [-0.1, -0.05) is 67.5 Å². The Kier molecular flexibility index (Phi) is 7.03. The highest BCUT2D eigenvalue weighted by Gasteiger charge is 2.67. The Balaban J connectivity index is 1.72. The summed E-state index contributed by atoms with van der Waals surface area (Å²) < 4.78 is 5.74. The van der Waals surface area contributed by atoms with E-state index in [9.17, 15) is 14.4 Å². The summed E-state index contributed by atoms with van der Waals surface area (Å²) in [5.74, 6) is 1.47. The largest absolute Gasteiger partial charge is 0.462 e. The van der Waals surface area contributed by atoms with Gasteiger partial charge in [-0.15, -0.1) is 0 Å². The smallest absolute Gasteiger partial charge is 0.302 e. The maximum Gasteiger partial charge on any atom is 0.302 e. The number of allylic oxidation sites excluding steroid dienone is 3. The molecule has 0 saturated heterocycles. The standard InChI is InChI=1S/C33H50O4/c1-19(2)20(3)11-12-21(4)23-13-16-32(9)29-24(35)17-26-30(6,7)27(37-22(5)34)14-15-31(26,8)28(29)25(36)18-33(23,32)10/h19,21,23,26-27H,3,11-18H2,1-2,4-10H3/t21-,23-,26-,27-,31-,32+,33-/m0/s1. The van der Waals surface area contributed by atoms with Gasteiger partial charge in [0.15, 0.2) is 11.6 Å². The third-order valence-corrected chi connectivity index (χ3v) is 12.0. The molecule has 0 heterocycles. The molecule has 4 heteroatoms. The number of carbonyl (C=O) groups is 3. The minimum atomic E-state index is -0.375. The van der Waals surface area contributed by atoms with E-state index in [4.69, 9.17) is 4.74 Å². The molecule has 2 fully saturated rings. The van der Waals surface area contributed by atoms with Gasteiger partial charge in [0.1, 0.15) is 6.10 Å². The van der Waals surface area contributed by atoms with Crippen LogP contribution in [0.25, 0.3) is 0 Å². The lowest BCUT2D eigenvalue weighted by molar-refractivity contribution is -0.169. The third-order valence-electron chi connectivity index (χ3n) is 12.0. The summed E-state index contributed by atoms with van der Waals surface area (Å²) >= 11 is 0. The molecule has 206 valence electrons. The fourth-order valence-corrected chi connectivity index (χ4v) is 9.41. The summed E-state index contributed by atoms with van der Waals surface area (Å²) in [5.41, 5.74) is 1.80. The highest BCUT2D eigenvalue weighted by Crippen LogP contribution is 2.71. The Labute approximate surface area is 225 Å². The number of hydrogen-bond acceptors (Lipinski definition) is 4. The molecule has 7 atom stereocenters. The topological polar surface area (TPSA) is 60.4 Å². The van der Waals surface area contributed by atoms with Crippen LogP contribution in [0.4, 0.5) is 0 Å². The van der Waals surface area contributed by atoms with Crippen LogP contribution in [0.15, 0.2) is 23.3 Å². The normalized spacial score (nSPS) is 39.7. The number of ether oxygens (including phenoxy) is 1. The first-order chi connectivity index (χ1) is 17.0. The van der Waals surface area contributed by atoms with Crippen molar-refractivity contribution in [3.8, 4) is 0 Å². The second kappa shape index (κ2) is 9.19. The molecule has 0 aliphatic heterocycles. The van der Waals surface area contributed by atoms with Crippen molar-refractivity contribution in [3.05, 3.63) is 23.3 Å². The van der Waals surface area contributed by atoms with Crippen LogP contribution in [-0.4, -0.2) is 23.6 Å². The van der Waals surface area contributed by atoms with E-state index < -0.39 is 0 Å². The average Bonchev–Trinajstić information content (AvgIpc) is 3.05. The van der Waals surface area contributed by atoms with Gasteiger partial charge in [0.25, 0.3) is 0 Å². The summed E-state index contributed by atoms with van der Waals surface area (Å²) in [6, 6.07) is 0. The van der Waals surface area contributed by atoms with Crippen LogP contribution in [0.5, 0.6) is 0 Å². The molecule has 0 radical (unpaired) electrons. The first kappa shape index (κ1) is 28.3. The van der Waals surface area contributed by atoms with Crippen molar-refractivity contribution in [2.45, 2.75) is 120 Å². The molecule has 0 aromatic rings. The number of fused-ring (bicyclic) bond motifs is 4. The van der Waals surface area contributed by atoms with Crippen molar-refractivity contribution >= 4 is 17.5 Å². The molecule has 0 amide bonds. The van der Waals surface area contributed by atoms with Gasteiger partial charge in [-0.3, -0.25) is 14.4 Å². The Bertz CT molecular complexity index is 1050. The summed E-state index contributed by atoms with van der Waals surface area (Å²) in [6.45, 7) is 23.6. The highest BCUT2D eigenvalue weighted by atomic mass is 16.5. The van der Waals surface area contributed by atoms with Gasteiger partial charge in [0.05, 0.1) is 0 Å². The quantitative estimate of drug-likeness (QED) is 0.272. The van der Waals surface area contributed by atoms with E-state index in [1.54, 1.807) is 0 Å². The van der Waals surface area contributed by atoms with Crippen molar-refractivity contribution in [3.63, 3.8) is 0 Å². The molecule has 0 spiro atoms. The summed E-state index contributed by atoms with van der Waals surface area (Å²) in [7, 11) is 0. The van der Waals surface area contributed by atoms with Crippen molar-refractivity contribution in [1.29, 1.82) is 0 Å².